The zero-order valence-corrected chi connectivity index (χ0v) is 10.1. The number of carboxylic acid groups (broad SMARTS) is 1. The Morgan fingerprint density at radius 1 is 1.44 bits per heavy atom. The second-order valence-corrected chi connectivity index (χ2v) is 5.15. The largest absolute Gasteiger partial charge is 0.481 e. The molecule has 0 bridgehead atoms. The minimum Gasteiger partial charge on any atom is -0.481 e. The van der Waals surface area contributed by atoms with E-state index in [9.17, 15) is 4.79 Å². The average molecular weight is 239 g/mol. The number of nitrogens with two attached hydrogens (primary N) is 1. The third kappa shape index (κ3) is 3.87. The molecule has 0 aliphatic rings. The molecular formula is C12H17NO2S. The highest BCUT2D eigenvalue weighted by Gasteiger charge is 2.20. The van der Waals surface area contributed by atoms with Crippen molar-refractivity contribution >= 4 is 17.7 Å². The molecule has 3 N–H and O–H groups in total. The first-order chi connectivity index (χ1) is 7.65. The molecule has 0 radical (unpaired) electrons. The number of thioether (sulfide) groups is 1. The van der Waals surface area contributed by atoms with Gasteiger partial charge in [-0.1, -0.05) is 37.3 Å². The molecule has 0 heterocycles. The summed E-state index contributed by atoms with van der Waals surface area (Å²) in [4.78, 5) is 11.2. The molecule has 3 nitrogen and oxygen atoms in total. The first kappa shape index (κ1) is 13.1. The van der Waals surface area contributed by atoms with E-state index in [0.717, 1.165) is 5.56 Å². The molecule has 16 heavy (non-hydrogen) atoms. The Morgan fingerprint density at radius 2 is 2.06 bits per heavy atom. The monoisotopic (exact) mass is 239 g/mol. The molecule has 2 atom stereocenters. The zero-order chi connectivity index (χ0) is 12.0. The minimum absolute atomic E-state index is 0.297. The topological polar surface area (TPSA) is 63.3 Å². The Morgan fingerprint density at radius 3 is 2.56 bits per heavy atom. The molecule has 1 aromatic rings. The molecule has 4 heteroatoms. The van der Waals surface area contributed by atoms with E-state index in [1.807, 2.05) is 37.3 Å². The van der Waals surface area contributed by atoms with Gasteiger partial charge in [0, 0.05) is 17.5 Å². The van der Waals surface area contributed by atoms with Gasteiger partial charge in [-0.15, -0.1) is 0 Å². The van der Waals surface area contributed by atoms with Crippen LogP contribution in [0.4, 0.5) is 0 Å². The summed E-state index contributed by atoms with van der Waals surface area (Å²) >= 11 is 1.60. The van der Waals surface area contributed by atoms with Crippen molar-refractivity contribution in [2.45, 2.75) is 18.1 Å². The fraction of sp³-hybridized carbons (Fsp3) is 0.417. The van der Waals surface area contributed by atoms with E-state index < -0.39 is 11.9 Å². The van der Waals surface area contributed by atoms with Crippen LogP contribution in [0.5, 0.6) is 0 Å². The molecule has 0 fully saturated rings. The quantitative estimate of drug-likeness (QED) is 0.796. The third-order valence-electron chi connectivity index (χ3n) is 2.38. The summed E-state index contributed by atoms with van der Waals surface area (Å²) in [7, 11) is 0. The van der Waals surface area contributed by atoms with E-state index in [-0.39, 0.29) is 0 Å². The van der Waals surface area contributed by atoms with Gasteiger partial charge >= 0.3 is 5.97 Å². The number of carboxylic acids is 1. The number of carbonyl (C=O) groups is 1. The summed E-state index contributed by atoms with van der Waals surface area (Å²) in [5, 5.41) is 9.46. The molecule has 0 spiro atoms. The first-order valence-corrected chi connectivity index (χ1v) is 6.29. The van der Waals surface area contributed by atoms with E-state index in [4.69, 9.17) is 10.8 Å². The lowest BCUT2D eigenvalue weighted by Gasteiger charge is -2.14. The Hall–Kier alpha value is -1.00. The zero-order valence-electron chi connectivity index (χ0n) is 9.30. The van der Waals surface area contributed by atoms with Crippen molar-refractivity contribution in [3.63, 3.8) is 0 Å². The molecule has 0 saturated heterocycles. The smallest absolute Gasteiger partial charge is 0.311 e. The summed E-state index contributed by atoms with van der Waals surface area (Å²) in [5.41, 5.74) is 6.36. The number of hydrogen-bond donors (Lipinski definition) is 2. The Kier molecular flexibility index (Phi) is 5.35. The van der Waals surface area contributed by atoms with E-state index in [1.54, 1.807) is 11.8 Å². The van der Waals surface area contributed by atoms with Gasteiger partial charge in [0.2, 0.25) is 0 Å². The molecule has 0 aromatic heterocycles. The van der Waals surface area contributed by atoms with Gasteiger partial charge in [-0.05, 0) is 5.56 Å². The normalized spacial score (nSPS) is 14.4. The highest BCUT2D eigenvalue weighted by atomic mass is 32.2. The highest BCUT2D eigenvalue weighted by Crippen LogP contribution is 2.23. The molecule has 2 unspecified atom stereocenters. The van der Waals surface area contributed by atoms with Crippen LogP contribution in [0.25, 0.3) is 0 Å². The number of hydrogen-bond acceptors (Lipinski definition) is 3. The van der Waals surface area contributed by atoms with Crippen LogP contribution in [-0.4, -0.2) is 28.6 Å². The second-order valence-electron chi connectivity index (χ2n) is 3.68. The summed E-state index contributed by atoms with van der Waals surface area (Å²) in [6.45, 7) is 2.58. The maximum Gasteiger partial charge on any atom is 0.311 e. The van der Waals surface area contributed by atoms with Crippen LogP contribution in [0, 0.1) is 0 Å². The van der Waals surface area contributed by atoms with E-state index in [0.29, 0.717) is 17.5 Å². The summed E-state index contributed by atoms with van der Waals surface area (Å²) in [6.07, 6.45) is 0. The van der Waals surface area contributed by atoms with Crippen molar-refractivity contribution in [2.24, 2.45) is 5.73 Å². The van der Waals surface area contributed by atoms with Crippen LogP contribution in [0.1, 0.15) is 18.4 Å². The first-order valence-electron chi connectivity index (χ1n) is 5.24. The van der Waals surface area contributed by atoms with Gasteiger partial charge < -0.3 is 10.8 Å². The lowest BCUT2D eigenvalue weighted by molar-refractivity contribution is -0.138. The van der Waals surface area contributed by atoms with Gasteiger partial charge in [0.15, 0.2) is 0 Å². The van der Waals surface area contributed by atoms with Crippen LogP contribution in [0.2, 0.25) is 0 Å². The molecular weight excluding hydrogens is 222 g/mol. The molecule has 88 valence electrons. The van der Waals surface area contributed by atoms with Crippen LogP contribution >= 0.6 is 11.8 Å². The van der Waals surface area contributed by atoms with Crippen LogP contribution in [0.3, 0.4) is 0 Å². The summed E-state index contributed by atoms with van der Waals surface area (Å²) < 4.78 is 0. The van der Waals surface area contributed by atoms with E-state index >= 15 is 0 Å². The SMILES string of the molecule is CC(CN)SCC(C(=O)O)c1ccccc1. The molecule has 1 aromatic carbocycles. The summed E-state index contributed by atoms with van der Waals surface area (Å²) in [6, 6.07) is 9.32. The second kappa shape index (κ2) is 6.55. The van der Waals surface area contributed by atoms with Crippen molar-refractivity contribution < 1.29 is 9.90 Å². The van der Waals surface area contributed by atoms with Crippen LogP contribution in [0.15, 0.2) is 30.3 Å². The third-order valence-corrected chi connectivity index (χ3v) is 3.67. The van der Waals surface area contributed by atoms with Gasteiger partial charge in [0.25, 0.3) is 0 Å². The predicted molar refractivity (Wildman–Crippen MR) is 67.8 cm³/mol. The van der Waals surface area contributed by atoms with Gasteiger partial charge in [-0.3, -0.25) is 4.79 Å². The highest BCUT2D eigenvalue weighted by molar-refractivity contribution is 7.99. The average Bonchev–Trinajstić information content (AvgIpc) is 2.30. The van der Waals surface area contributed by atoms with Crippen molar-refractivity contribution in [1.82, 2.24) is 0 Å². The van der Waals surface area contributed by atoms with Gasteiger partial charge in [0.1, 0.15) is 0 Å². The lowest BCUT2D eigenvalue weighted by Crippen LogP contribution is -2.18. The van der Waals surface area contributed by atoms with Crippen molar-refractivity contribution in [1.29, 1.82) is 0 Å². The maximum absolute atomic E-state index is 11.2. The van der Waals surface area contributed by atoms with Crippen LogP contribution < -0.4 is 5.73 Å². The van der Waals surface area contributed by atoms with Gasteiger partial charge in [0.05, 0.1) is 5.92 Å². The molecule has 0 aliphatic carbocycles. The van der Waals surface area contributed by atoms with Crippen molar-refractivity contribution in [2.75, 3.05) is 12.3 Å². The standard InChI is InChI=1S/C12H17NO2S/c1-9(7-13)16-8-11(12(14)15)10-5-3-2-4-6-10/h2-6,9,11H,7-8,13H2,1H3,(H,14,15). The number of benzene rings is 1. The Balaban J connectivity index is 2.66. The van der Waals surface area contributed by atoms with E-state index in [1.165, 1.54) is 0 Å². The van der Waals surface area contributed by atoms with Crippen molar-refractivity contribution in [3.05, 3.63) is 35.9 Å². The van der Waals surface area contributed by atoms with Gasteiger partial charge in [-0.2, -0.15) is 11.8 Å². The van der Waals surface area contributed by atoms with E-state index in [2.05, 4.69) is 0 Å². The Bertz CT molecular complexity index is 329. The minimum atomic E-state index is -0.775. The number of aliphatic carboxylic acids is 1. The van der Waals surface area contributed by atoms with Crippen molar-refractivity contribution in [3.8, 4) is 0 Å². The molecule has 1 rings (SSSR count). The molecule has 0 aliphatic heterocycles. The van der Waals surface area contributed by atoms with Crippen LogP contribution in [-0.2, 0) is 4.79 Å². The van der Waals surface area contributed by atoms with Gasteiger partial charge in [-0.25, -0.2) is 0 Å². The fourth-order valence-electron chi connectivity index (χ4n) is 1.32. The maximum atomic E-state index is 11.2. The Labute approximate surface area is 100 Å². The number of rotatable bonds is 6. The lowest BCUT2D eigenvalue weighted by atomic mass is 10.0. The fourth-order valence-corrected chi connectivity index (χ4v) is 2.32. The molecule has 0 amide bonds. The summed E-state index contributed by atoms with van der Waals surface area (Å²) in [5.74, 6) is -0.652. The molecule has 0 saturated carbocycles. The predicted octanol–water partition coefficient (Wildman–Crippen LogP) is 1.94.